The highest BCUT2D eigenvalue weighted by Crippen LogP contribution is 2.52. The largest absolute Gasteiger partial charge is 0.501 e. The molecule has 0 unspecified atom stereocenters. The van der Waals surface area contributed by atoms with Gasteiger partial charge in [-0.1, -0.05) is 13.8 Å². The number of hydrogen-bond acceptors (Lipinski definition) is 3. The Morgan fingerprint density at radius 3 is 2.70 bits per heavy atom. The van der Waals surface area contributed by atoms with Crippen molar-refractivity contribution in [2.75, 3.05) is 20.2 Å². The van der Waals surface area contributed by atoms with Crippen LogP contribution in [0.5, 0.6) is 0 Å². The van der Waals surface area contributed by atoms with Crippen LogP contribution in [0.2, 0.25) is 0 Å². The lowest BCUT2D eigenvalue weighted by atomic mass is 9.75. The number of hydrogen-bond donors (Lipinski definition) is 0. The maximum Gasteiger partial charge on any atom is 0.112 e. The topological polar surface area (TPSA) is 25.6 Å². The van der Waals surface area contributed by atoms with Crippen LogP contribution in [0, 0.1) is 5.92 Å². The van der Waals surface area contributed by atoms with E-state index in [0.717, 1.165) is 17.9 Å². The van der Waals surface area contributed by atoms with Crippen LogP contribution in [0.4, 0.5) is 0 Å². The highest BCUT2D eigenvalue weighted by atomic mass is 16.5. The second-order valence-electron chi connectivity index (χ2n) is 6.03. The van der Waals surface area contributed by atoms with Crippen molar-refractivity contribution in [2.24, 2.45) is 5.92 Å². The molecule has 3 atom stereocenters. The molecule has 1 aromatic rings. The minimum Gasteiger partial charge on any atom is -0.501 e. The number of rotatable bonds is 4. The Morgan fingerprint density at radius 1 is 1.40 bits per heavy atom. The molecular formula is C17H25NO2. The predicted octanol–water partition coefficient (Wildman–Crippen LogP) is 3.79. The number of ether oxygens (including phenoxy) is 1. The van der Waals surface area contributed by atoms with Gasteiger partial charge in [-0.05, 0) is 50.6 Å². The fourth-order valence-electron chi connectivity index (χ4n) is 4.36. The Labute approximate surface area is 121 Å². The summed E-state index contributed by atoms with van der Waals surface area (Å²) in [6, 6.07) is 4.09. The van der Waals surface area contributed by atoms with Crippen molar-refractivity contribution in [3.8, 4) is 0 Å². The number of methoxy groups -OCH3 is 1. The van der Waals surface area contributed by atoms with Crippen LogP contribution >= 0.6 is 0 Å². The summed E-state index contributed by atoms with van der Waals surface area (Å²) in [6.07, 6.45) is 7.79. The lowest BCUT2D eigenvalue weighted by Gasteiger charge is -2.46. The quantitative estimate of drug-likeness (QED) is 0.836. The molecule has 0 amide bonds. The average molecular weight is 275 g/mol. The first kappa shape index (κ1) is 13.7. The molecular weight excluding hydrogens is 250 g/mol. The Balaban J connectivity index is 2.04. The zero-order valence-corrected chi connectivity index (χ0v) is 12.8. The first-order valence-electron chi connectivity index (χ1n) is 7.78. The summed E-state index contributed by atoms with van der Waals surface area (Å²) in [7, 11) is 1.79. The van der Waals surface area contributed by atoms with E-state index in [2.05, 4.69) is 30.9 Å². The van der Waals surface area contributed by atoms with Gasteiger partial charge in [-0.25, -0.2) is 0 Å². The zero-order chi connectivity index (χ0) is 14.2. The third-order valence-electron chi connectivity index (χ3n) is 5.39. The summed E-state index contributed by atoms with van der Waals surface area (Å²) in [5.41, 5.74) is 0.111. The summed E-state index contributed by atoms with van der Waals surface area (Å²) in [5.74, 6) is 2.88. The highest BCUT2D eigenvalue weighted by Gasteiger charge is 2.53. The Bertz CT molecular complexity index is 473. The van der Waals surface area contributed by atoms with Gasteiger partial charge in [0.05, 0.1) is 25.1 Å². The summed E-state index contributed by atoms with van der Waals surface area (Å²) < 4.78 is 11.4. The standard InChI is InChI=1S/C17H25NO2/c1-4-17(18-9-5-6-10-18)13(2)16(19-3)12-14(17)15-8-7-11-20-15/h7-8,11-14H,4-6,9-10H2,1-3H3/t13-,14-,17+/m0/s1. The van der Waals surface area contributed by atoms with Gasteiger partial charge in [-0.2, -0.15) is 0 Å². The maximum atomic E-state index is 5.75. The van der Waals surface area contributed by atoms with E-state index >= 15 is 0 Å². The summed E-state index contributed by atoms with van der Waals surface area (Å²) >= 11 is 0. The number of likely N-dealkylation sites (tertiary alicyclic amines) is 1. The summed E-state index contributed by atoms with van der Waals surface area (Å²) in [6.45, 7) is 7.00. The minimum absolute atomic E-state index is 0.111. The van der Waals surface area contributed by atoms with Crippen LogP contribution in [0.1, 0.15) is 44.8 Å². The van der Waals surface area contributed by atoms with Gasteiger partial charge in [0.1, 0.15) is 5.76 Å². The summed E-state index contributed by atoms with van der Waals surface area (Å²) in [4.78, 5) is 2.67. The molecule has 0 aromatic carbocycles. The van der Waals surface area contributed by atoms with E-state index in [4.69, 9.17) is 9.15 Å². The molecule has 0 spiro atoms. The van der Waals surface area contributed by atoms with Gasteiger partial charge in [-0.3, -0.25) is 4.90 Å². The molecule has 1 aliphatic heterocycles. The Morgan fingerprint density at radius 2 is 2.15 bits per heavy atom. The van der Waals surface area contributed by atoms with E-state index in [9.17, 15) is 0 Å². The molecule has 1 aliphatic carbocycles. The smallest absolute Gasteiger partial charge is 0.112 e. The molecule has 3 nitrogen and oxygen atoms in total. The zero-order valence-electron chi connectivity index (χ0n) is 12.8. The van der Waals surface area contributed by atoms with E-state index in [1.807, 2.05) is 6.07 Å². The van der Waals surface area contributed by atoms with Crippen molar-refractivity contribution in [1.29, 1.82) is 0 Å². The van der Waals surface area contributed by atoms with Crippen molar-refractivity contribution in [2.45, 2.75) is 44.6 Å². The van der Waals surface area contributed by atoms with Crippen LogP contribution < -0.4 is 0 Å². The van der Waals surface area contributed by atoms with Gasteiger partial charge < -0.3 is 9.15 Å². The molecule has 1 aromatic heterocycles. The first-order chi connectivity index (χ1) is 9.74. The maximum absolute atomic E-state index is 5.75. The molecule has 0 bridgehead atoms. The fraction of sp³-hybridized carbons (Fsp3) is 0.647. The lowest BCUT2D eigenvalue weighted by molar-refractivity contribution is 0.0459. The van der Waals surface area contributed by atoms with E-state index < -0.39 is 0 Å². The van der Waals surface area contributed by atoms with Gasteiger partial charge in [0.15, 0.2) is 0 Å². The van der Waals surface area contributed by atoms with Gasteiger partial charge in [0.25, 0.3) is 0 Å². The molecule has 1 fully saturated rings. The van der Waals surface area contributed by atoms with Crippen molar-refractivity contribution in [3.05, 3.63) is 36.0 Å². The first-order valence-corrected chi connectivity index (χ1v) is 7.78. The van der Waals surface area contributed by atoms with Gasteiger partial charge >= 0.3 is 0 Å². The normalized spacial score (nSPS) is 34.5. The highest BCUT2D eigenvalue weighted by molar-refractivity contribution is 5.33. The van der Waals surface area contributed by atoms with E-state index in [0.29, 0.717) is 11.8 Å². The third-order valence-corrected chi connectivity index (χ3v) is 5.39. The lowest BCUT2D eigenvalue weighted by Crippen LogP contribution is -2.53. The molecule has 0 radical (unpaired) electrons. The minimum atomic E-state index is 0.111. The average Bonchev–Trinajstić information content (AvgIpc) is 3.19. The molecule has 3 heteroatoms. The third kappa shape index (κ3) is 1.83. The van der Waals surface area contributed by atoms with Crippen LogP contribution in [-0.4, -0.2) is 30.6 Å². The van der Waals surface area contributed by atoms with Crippen molar-refractivity contribution in [1.82, 2.24) is 4.90 Å². The van der Waals surface area contributed by atoms with Crippen molar-refractivity contribution in [3.63, 3.8) is 0 Å². The molecule has 0 N–H and O–H groups in total. The molecule has 2 heterocycles. The van der Waals surface area contributed by atoms with Crippen LogP contribution in [0.15, 0.2) is 34.6 Å². The Hall–Kier alpha value is -1.22. The molecule has 3 rings (SSSR count). The van der Waals surface area contributed by atoms with Gasteiger partial charge in [-0.15, -0.1) is 0 Å². The molecule has 110 valence electrons. The monoisotopic (exact) mass is 275 g/mol. The van der Waals surface area contributed by atoms with E-state index in [1.165, 1.54) is 25.9 Å². The van der Waals surface area contributed by atoms with E-state index in [-0.39, 0.29) is 5.54 Å². The number of furan rings is 1. The fourth-order valence-corrected chi connectivity index (χ4v) is 4.36. The van der Waals surface area contributed by atoms with Crippen LogP contribution in [0.3, 0.4) is 0 Å². The second kappa shape index (κ2) is 5.28. The van der Waals surface area contributed by atoms with Crippen molar-refractivity contribution >= 4 is 0 Å². The van der Waals surface area contributed by atoms with Gasteiger partial charge in [0, 0.05) is 11.5 Å². The molecule has 0 saturated carbocycles. The van der Waals surface area contributed by atoms with Gasteiger partial charge in [0.2, 0.25) is 0 Å². The predicted molar refractivity (Wildman–Crippen MR) is 79.5 cm³/mol. The molecule has 20 heavy (non-hydrogen) atoms. The number of nitrogens with zero attached hydrogens (tertiary/aromatic N) is 1. The second-order valence-corrected chi connectivity index (χ2v) is 6.03. The van der Waals surface area contributed by atoms with Crippen LogP contribution in [-0.2, 0) is 4.74 Å². The molecule has 1 saturated heterocycles. The van der Waals surface area contributed by atoms with Crippen LogP contribution in [0.25, 0.3) is 0 Å². The summed E-state index contributed by atoms with van der Waals surface area (Å²) in [5, 5.41) is 0. The van der Waals surface area contributed by atoms with E-state index in [1.54, 1.807) is 13.4 Å². The molecule has 2 aliphatic rings. The van der Waals surface area contributed by atoms with Crippen molar-refractivity contribution < 1.29 is 9.15 Å². The Kier molecular flexibility index (Phi) is 3.63. The SMILES string of the molecule is CC[C@@]1(N2CCCC2)[C@@H](C)C(OC)=C[C@H]1c1ccco1.